The summed E-state index contributed by atoms with van der Waals surface area (Å²) in [5.41, 5.74) is 2.44. The van der Waals surface area contributed by atoms with E-state index in [-0.39, 0.29) is 6.01 Å². The molecule has 96 valence electrons. The van der Waals surface area contributed by atoms with E-state index >= 15 is 0 Å². The third-order valence-corrected chi connectivity index (χ3v) is 2.67. The molecule has 0 aliphatic rings. The largest absolute Gasteiger partial charge is 0.467 e. The fraction of sp³-hybridized carbons (Fsp3) is 0.167. The summed E-state index contributed by atoms with van der Waals surface area (Å²) < 4.78 is 18.1. The van der Waals surface area contributed by atoms with Gasteiger partial charge in [-0.3, -0.25) is 4.98 Å². The third-order valence-electron chi connectivity index (χ3n) is 2.67. The highest BCUT2D eigenvalue weighted by atomic mass is 19.1. The number of pyridine rings is 1. The summed E-state index contributed by atoms with van der Waals surface area (Å²) in [6.45, 7) is 1.82. The van der Waals surface area contributed by atoms with Crippen LogP contribution in [0.25, 0.3) is 22.6 Å². The molecule has 0 aromatic carbocycles. The van der Waals surface area contributed by atoms with E-state index in [0.29, 0.717) is 28.2 Å². The second-order valence-corrected chi connectivity index (χ2v) is 3.97. The Balaban J connectivity index is 2.19. The van der Waals surface area contributed by atoms with E-state index < -0.39 is 5.82 Å². The highest BCUT2D eigenvalue weighted by molar-refractivity contribution is 5.77. The standard InChI is InChI=1S/C12H10FN5O/c1-6-9-11(18-12(15-6)19-2)17-10(16-9)7-3-8(13)5-14-4-7/h3-5H,1-2H3,(H,15,16,17,18). The first-order chi connectivity index (χ1) is 9.17. The number of rotatable bonds is 2. The van der Waals surface area contributed by atoms with Gasteiger partial charge in [-0.2, -0.15) is 9.97 Å². The molecular weight excluding hydrogens is 249 g/mol. The van der Waals surface area contributed by atoms with E-state index in [9.17, 15) is 4.39 Å². The maximum absolute atomic E-state index is 13.2. The predicted octanol–water partition coefficient (Wildman–Crippen LogP) is 1.87. The van der Waals surface area contributed by atoms with Crippen LogP contribution >= 0.6 is 0 Å². The molecule has 0 aliphatic carbocycles. The van der Waals surface area contributed by atoms with Gasteiger partial charge in [-0.1, -0.05) is 0 Å². The topological polar surface area (TPSA) is 76.6 Å². The molecular formula is C12H10FN5O. The molecule has 6 nitrogen and oxygen atoms in total. The van der Waals surface area contributed by atoms with E-state index in [1.54, 1.807) is 0 Å². The van der Waals surface area contributed by atoms with Gasteiger partial charge in [-0.15, -0.1) is 0 Å². The summed E-state index contributed by atoms with van der Waals surface area (Å²) in [7, 11) is 1.49. The molecule has 3 heterocycles. The van der Waals surface area contributed by atoms with Crippen LogP contribution in [0, 0.1) is 12.7 Å². The smallest absolute Gasteiger partial charge is 0.318 e. The van der Waals surface area contributed by atoms with Crippen molar-refractivity contribution >= 4 is 11.2 Å². The third kappa shape index (κ3) is 1.99. The Morgan fingerprint density at radius 1 is 1.21 bits per heavy atom. The van der Waals surface area contributed by atoms with E-state index in [1.165, 1.54) is 19.4 Å². The summed E-state index contributed by atoms with van der Waals surface area (Å²) in [4.78, 5) is 19.4. The van der Waals surface area contributed by atoms with Crippen molar-refractivity contribution in [1.29, 1.82) is 0 Å². The maximum atomic E-state index is 13.2. The molecule has 3 aromatic rings. The first-order valence-corrected chi connectivity index (χ1v) is 5.56. The van der Waals surface area contributed by atoms with Crippen molar-refractivity contribution < 1.29 is 9.13 Å². The maximum Gasteiger partial charge on any atom is 0.318 e. The number of nitrogens with zero attached hydrogens (tertiary/aromatic N) is 4. The van der Waals surface area contributed by atoms with Crippen LogP contribution < -0.4 is 4.74 Å². The molecule has 1 N–H and O–H groups in total. The lowest BCUT2D eigenvalue weighted by Crippen LogP contribution is -1.94. The van der Waals surface area contributed by atoms with Crippen molar-refractivity contribution in [3.8, 4) is 17.4 Å². The van der Waals surface area contributed by atoms with Crippen LogP contribution in [0.15, 0.2) is 18.5 Å². The first-order valence-electron chi connectivity index (χ1n) is 5.56. The average molecular weight is 259 g/mol. The van der Waals surface area contributed by atoms with Gasteiger partial charge in [0, 0.05) is 11.8 Å². The zero-order chi connectivity index (χ0) is 13.4. The van der Waals surface area contributed by atoms with Gasteiger partial charge in [0.2, 0.25) is 0 Å². The van der Waals surface area contributed by atoms with Gasteiger partial charge in [0.05, 0.1) is 19.0 Å². The molecule has 0 spiro atoms. The average Bonchev–Trinajstić information content (AvgIpc) is 2.83. The van der Waals surface area contributed by atoms with E-state index in [4.69, 9.17) is 4.74 Å². The normalized spacial score (nSPS) is 10.9. The summed E-state index contributed by atoms with van der Waals surface area (Å²) in [6.07, 6.45) is 2.67. The zero-order valence-corrected chi connectivity index (χ0v) is 10.3. The van der Waals surface area contributed by atoms with Gasteiger partial charge in [0.25, 0.3) is 0 Å². The Bertz CT molecular complexity index is 755. The summed E-state index contributed by atoms with van der Waals surface area (Å²) in [5, 5.41) is 0. The minimum Gasteiger partial charge on any atom is -0.467 e. The molecule has 0 aliphatic heterocycles. The van der Waals surface area contributed by atoms with Crippen LogP contribution in [-0.4, -0.2) is 32.0 Å². The highest BCUT2D eigenvalue weighted by Crippen LogP contribution is 2.22. The summed E-state index contributed by atoms with van der Waals surface area (Å²) in [5.74, 6) is 0.0750. The van der Waals surface area contributed by atoms with Crippen LogP contribution in [0.1, 0.15) is 5.69 Å². The predicted molar refractivity (Wildman–Crippen MR) is 66.2 cm³/mol. The number of aryl methyl sites for hydroxylation is 1. The molecule has 0 atom stereocenters. The van der Waals surface area contributed by atoms with Crippen LogP contribution in [-0.2, 0) is 0 Å². The molecule has 19 heavy (non-hydrogen) atoms. The van der Waals surface area contributed by atoms with E-state index in [0.717, 1.165) is 6.20 Å². The Hall–Kier alpha value is -2.57. The van der Waals surface area contributed by atoms with Gasteiger partial charge in [-0.25, -0.2) is 9.37 Å². The minimum absolute atomic E-state index is 0.250. The molecule has 0 fully saturated rings. The van der Waals surface area contributed by atoms with Gasteiger partial charge in [0.15, 0.2) is 5.65 Å². The molecule has 7 heteroatoms. The fourth-order valence-corrected chi connectivity index (χ4v) is 1.78. The van der Waals surface area contributed by atoms with E-state index in [2.05, 4.69) is 24.9 Å². The van der Waals surface area contributed by atoms with Gasteiger partial charge >= 0.3 is 6.01 Å². The molecule has 0 saturated carbocycles. The number of aromatic amines is 1. The Labute approximate surface area is 107 Å². The van der Waals surface area contributed by atoms with Crippen molar-refractivity contribution in [3.63, 3.8) is 0 Å². The first kappa shape index (κ1) is 11.5. The van der Waals surface area contributed by atoms with Crippen LogP contribution in [0.5, 0.6) is 6.01 Å². The number of nitrogens with one attached hydrogen (secondary N) is 1. The van der Waals surface area contributed by atoms with Crippen LogP contribution in [0.2, 0.25) is 0 Å². The van der Waals surface area contributed by atoms with Crippen molar-refractivity contribution in [1.82, 2.24) is 24.9 Å². The van der Waals surface area contributed by atoms with Crippen molar-refractivity contribution in [3.05, 3.63) is 30.0 Å². The SMILES string of the molecule is COc1nc(C)c2[nH]c(-c3cncc(F)c3)nc2n1. The minimum atomic E-state index is -0.418. The van der Waals surface area contributed by atoms with Crippen molar-refractivity contribution in [2.24, 2.45) is 0 Å². The molecule has 0 saturated heterocycles. The van der Waals surface area contributed by atoms with Gasteiger partial charge in [0.1, 0.15) is 17.2 Å². The van der Waals surface area contributed by atoms with Gasteiger partial charge < -0.3 is 9.72 Å². The lowest BCUT2D eigenvalue weighted by Gasteiger charge is -1.98. The zero-order valence-electron chi connectivity index (χ0n) is 10.3. The number of imidazole rings is 1. The van der Waals surface area contributed by atoms with E-state index in [1.807, 2.05) is 6.92 Å². The number of H-pyrrole nitrogens is 1. The molecule has 0 bridgehead atoms. The number of halogens is 1. The Morgan fingerprint density at radius 2 is 2.05 bits per heavy atom. The van der Waals surface area contributed by atoms with Crippen molar-refractivity contribution in [2.45, 2.75) is 6.92 Å². The van der Waals surface area contributed by atoms with Crippen molar-refractivity contribution in [2.75, 3.05) is 7.11 Å². The van der Waals surface area contributed by atoms with Gasteiger partial charge in [-0.05, 0) is 13.0 Å². The number of ether oxygens (including phenoxy) is 1. The lowest BCUT2D eigenvalue weighted by molar-refractivity contribution is 0.380. The summed E-state index contributed by atoms with van der Waals surface area (Å²) >= 11 is 0. The number of hydrogen-bond acceptors (Lipinski definition) is 5. The Morgan fingerprint density at radius 3 is 2.79 bits per heavy atom. The molecule has 0 amide bonds. The number of fused-ring (bicyclic) bond motifs is 1. The van der Waals surface area contributed by atoms with Crippen LogP contribution in [0.3, 0.4) is 0 Å². The lowest BCUT2D eigenvalue weighted by atomic mass is 10.3. The van der Waals surface area contributed by atoms with Crippen LogP contribution in [0.4, 0.5) is 4.39 Å². The Kier molecular flexibility index (Phi) is 2.59. The molecule has 0 radical (unpaired) electrons. The monoisotopic (exact) mass is 259 g/mol. The number of methoxy groups -OCH3 is 1. The molecule has 3 aromatic heterocycles. The molecule has 0 unspecified atom stereocenters. The molecule has 3 rings (SSSR count). The number of aromatic nitrogens is 5. The fourth-order valence-electron chi connectivity index (χ4n) is 1.78. The quantitative estimate of drug-likeness (QED) is 0.760. The highest BCUT2D eigenvalue weighted by Gasteiger charge is 2.12. The summed E-state index contributed by atoms with van der Waals surface area (Å²) in [6, 6.07) is 1.60. The number of hydrogen-bond donors (Lipinski definition) is 1. The second kappa shape index (κ2) is 4.27. The second-order valence-electron chi connectivity index (χ2n) is 3.97.